The standard InChI is InChI=1S/C22H31N3O4S2/c1-5-29-18-10-9-17(14-19(18)31(27,28)25-11-7-6-8-12-25)24-22(26)21-16(4)23-20(30-21)13-15(2)3/h9-10,14-15H,5-8,11-13H2,1-4H3,(H,24,26). The molecule has 1 aromatic carbocycles. The number of benzene rings is 1. The Labute approximate surface area is 188 Å². The number of ether oxygens (including phenoxy) is 1. The van der Waals surface area contributed by atoms with Gasteiger partial charge in [0.15, 0.2) is 0 Å². The number of thiazole rings is 1. The van der Waals surface area contributed by atoms with Gasteiger partial charge in [0.05, 0.1) is 17.3 Å². The lowest BCUT2D eigenvalue weighted by Crippen LogP contribution is -2.35. The van der Waals surface area contributed by atoms with Crippen molar-refractivity contribution in [3.63, 3.8) is 0 Å². The molecule has 31 heavy (non-hydrogen) atoms. The molecule has 0 atom stereocenters. The lowest BCUT2D eigenvalue weighted by molar-refractivity contribution is 0.102. The topological polar surface area (TPSA) is 88.6 Å². The van der Waals surface area contributed by atoms with E-state index in [0.29, 0.717) is 47.6 Å². The molecule has 0 bridgehead atoms. The van der Waals surface area contributed by atoms with Crippen LogP contribution in [-0.4, -0.2) is 43.3 Å². The number of anilines is 1. The van der Waals surface area contributed by atoms with Crippen molar-refractivity contribution >= 4 is 33.0 Å². The van der Waals surface area contributed by atoms with E-state index in [1.807, 2.05) is 13.8 Å². The zero-order valence-corrected chi connectivity index (χ0v) is 20.2. The van der Waals surface area contributed by atoms with Gasteiger partial charge >= 0.3 is 0 Å². The van der Waals surface area contributed by atoms with E-state index in [-0.39, 0.29) is 10.8 Å². The molecule has 7 nitrogen and oxygen atoms in total. The number of aromatic nitrogens is 1. The second-order valence-electron chi connectivity index (χ2n) is 8.13. The Bertz CT molecular complexity index is 1030. The Morgan fingerprint density at radius 2 is 1.97 bits per heavy atom. The lowest BCUT2D eigenvalue weighted by atomic mass is 10.1. The number of nitrogens with zero attached hydrogens (tertiary/aromatic N) is 2. The third kappa shape index (κ3) is 5.64. The molecule has 2 aromatic rings. The van der Waals surface area contributed by atoms with Crippen LogP contribution in [0.5, 0.6) is 5.75 Å². The molecule has 0 saturated carbocycles. The Balaban J connectivity index is 1.88. The zero-order valence-electron chi connectivity index (χ0n) is 18.6. The summed E-state index contributed by atoms with van der Waals surface area (Å²) < 4.78 is 33.6. The Kier molecular flexibility index (Phi) is 7.72. The number of piperidine rings is 1. The maximum atomic E-state index is 13.3. The van der Waals surface area contributed by atoms with Gasteiger partial charge in [0.1, 0.15) is 15.5 Å². The number of sulfonamides is 1. The highest BCUT2D eigenvalue weighted by atomic mass is 32.2. The number of rotatable bonds is 8. The summed E-state index contributed by atoms with van der Waals surface area (Å²) in [6, 6.07) is 4.78. The van der Waals surface area contributed by atoms with Crippen LogP contribution in [-0.2, 0) is 16.4 Å². The van der Waals surface area contributed by atoms with Gasteiger partial charge in [0, 0.05) is 25.2 Å². The van der Waals surface area contributed by atoms with Crippen LogP contribution in [0.25, 0.3) is 0 Å². The van der Waals surface area contributed by atoms with Crippen molar-refractivity contribution in [2.45, 2.75) is 58.3 Å². The van der Waals surface area contributed by atoms with Gasteiger partial charge in [-0.15, -0.1) is 11.3 Å². The predicted molar refractivity (Wildman–Crippen MR) is 124 cm³/mol. The van der Waals surface area contributed by atoms with Crippen molar-refractivity contribution in [2.75, 3.05) is 25.0 Å². The van der Waals surface area contributed by atoms with E-state index in [1.165, 1.54) is 21.7 Å². The number of hydrogen-bond donors (Lipinski definition) is 1. The largest absolute Gasteiger partial charge is 0.492 e. The summed E-state index contributed by atoms with van der Waals surface area (Å²) >= 11 is 1.38. The first kappa shape index (κ1) is 23.7. The minimum absolute atomic E-state index is 0.0931. The molecule has 0 aliphatic carbocycles. The molecule has 1 saturated heterocycles. The van der Waals surface area contributed by atoms with Gasteiger partial charge < -0.3 is 10.1 Å². The van der Waals surface area contributed by atoms with E-state index in [2.05, 4.69) is 24.1 Å². The number of nitrogens with one attached hydrogen (secondary N) is 1. The fourth-order valence-corrected chi connectivity index (χ4v) is 6.44. The predicted octanol–water partition coefficient (Wildman–Crippen LogP) is 4.48. The third-order valence-electron chi connectivity index (χ3n) is 5.06. The number of amides is 1. The first-order valence-electron chi connectivity index (χ1n) is 10.8. The van der Waals surface area contributed by atoms with Gasteiger partial charge in [-0.05, 0) is 50.8 Å². The van der Waals surface area contributed by atoms with Crippen LogP contribution in [0, 0.1) is 12.8 Å². The van der Waals surface area contributed by atoms with Crippen LogP contribution in [0.2, 0.25) is 0 Å². The maximum absolute atomic E-state index is 13.3. The summed E-state index contributed by atoms with van der Waals surface area (Å²) in [5, 5.41) is 3.77. The summed E-state index contributed by atoms with van der Waals surface area (Å²) in [6.45, 7) is 9.22. The molecular weight excluding hydrogens is 434 g/mol. The van der Waals surface area contributed by atoms with Crippen molar-refractivity contribution in [1.29, 1.82) is 0 Å². The Hall–Kier alpha value is -1.97. The van der Waals surface area contributed by atoms with Gasteiger partial charge in [-0.2, -0.15) is 4.31 Å². The van der Waals surface area contributed by atoms with E-state index in [1.54, 1.807) is 12.1 Å². The van der Waals surface area contributed by atoms with E-state index in [0.717, 1.165) is 30.7 Å². The summed E-state index contributed by atoms with van der Waals surface area (Å²) in [5.74, 6) is 0.477. The number of carbonyl (C=O) groups excluding carboxylic acids is 1. The number of aryl methyl sites for hydroxylation is 1. The van der Waals surface area contributed by atoms with E-state index >= 15 is 0 Å². The molecule has 0 unspecified atom stereocenters. The second-order valence-corrected chi connectivity index (χ2v) is 11.1. The molecule has 170 valence electrons. The molecular formula is C22H31N3O4S2. The average molecular weight is 466 g/mol. The molecule has 1 aliphatic heterocycles. The van der Waals surface area contributed by atoms with Crippen LogP contribution in [0.1, 0.15) is 60.4 Å². The molecule has 0 spiro atoms. The van der Waals surface area contributed by atoms with Gasteiger partial charge in [-0.3, -0.25) is 4.79 Å². The van der Waals surface area contributed by atoms with E-state index in [9.17, 15) is 13.2 Å². The molecule has 1 aromatic heterocycles. The zero-order chi connectivity index (χ0) is 22.6. The third-order valence-corrected chi connectivity index (χ3v) is 8.16. The highest BCUT2D eigenvalue weighted by molar-refractivity contribution is 7.89. The van der Waals surface area contributed by atoms with Gasteiger partial charge in [-0.1, -0.05) is 20.3 Å². The van der Waals surface area contributed by atoms with Crippen molar-refractivity contribution in [3.05, 3.63) is 33.8 Å². The average Bonchev–Trinajstić information content (AvgIpc) is 3.09. The van der Waals surface area contributed by atoms with Crippen LogP contribution < -0.4 is 10.1 Å². The molecule has 9 heteroatoms. The van der Waals surface area contributed by atoms with Crippen LogP contribution in [0.15, 0.2) is 23.1 Å². The summed E-state index contributed by atoms with van der Waals surface area (Å²) in [5.41, 5.74) is 1.10. The molecule has 1 amide bonds. The lowest BCUT2D eigenvalue weighted by Gasteiger charge is -2.27. The number of carbonyl (C=O) groups is 1. The SMILES string of the molecule is CCOc1ccc(NC(=O)c2sc(CC(C)C)nc2C)cc1S(=O)(=O)N1CCCCC1. The monoisotopic (exact) mass is 465 g/mol. The smallest absolute Gasteiger partial charge is 0.267 e. The fraction of sp³-hybridized carbons (Fsp3) is 0.545. The van der Waals surface area contributed by atoms with Crippen molar-refractivity contribution in [3.8, 4) is 5.75 Å². The van der Waals surface area contributed by atoms with Crippen LogP contribution in [0.3, 0.4) is 0 Å². The van der Waals surface area contributed by atoms with E-state index in [4.69, 9.17) is 4.74 Å². The second kappa shape index (κ2) is 10.1. The fourth-order valence-electron chi connectivity index (χ4n) is 3.59. The Morgan fingerprint density at radius 1 is 1.26 bits per heavy atom. The molecule has 3 rings (SSSR count). The summed E-state index contributed by atoms with van der Waals surface area (Å²) in [7, 11) is -3.71. The summed E-state index contributed by atoms with van der Waals surface area (Å²) in [6.07, 6.45) is 3.56. The van der Waals surface area contributed by atoms with Crippen LogP contribution >= 0.6 is 11.3 Å². The first-order valence-corrected chi connectivity index (χ1v) is 13.0. The number of hydrogen-bond acceptors (Lipinski definition) is 6. The normalized spacial score (nSPS) is 15.3. The van der Waals surface area contributed by atoms with Crippen molar-refractivity contribution in [1.82, 2.24) is 9.29 Å². The summed E-state index contributed by atoms with van der Waals surface area (Å²) in [4.78, 5) is 18.0. The molecule has 1 N–H and O–H groups in total. The quantitative estimate of drug-likeness (QED) is 0.621. The Morgan fingerprint density at radius 3 is 2.61 bits per heavy atom. The highest BCUT2D eigenvalue weighted by Crippen LogP contribution is 2.32. The van der Waals surface area contributed by atoms with Gasteiger partial charge in [0.25, 0.3) is 5.91 Å². The molecule has 1 fully saturated rings. The van der Waals surface area contributed by atoms with Crippen molar-refractivity contribution in [2.24, 2.45) is 5.92 Å². The van der Waals surface area contributed by atoms with Crippen LogP contribution in [0.4, 0.5) is 5.69 Å². The first-order chi connectivity index (χ1) is 14.7. The van der Waals surface area contributed by atoms with Crippen molar-refractivity contribution < 1.29 is 17.9 Å². The van der Waals surface area contributed by atoms with E-state index < -0.39 is 10.0 Å². The highest BCUT2D eigenvalue weighted by Gasteiger charge is 2.29. The minimum atomic E-state index is -3.71. The maximum Gasteiger partial charge on any atom is 0.267 e. The molecule has 1 aliphatic rings. The molecule has 2 heterocycles. The minimum Gasteiger partial charge on any atom is -0.492 e. The van der Waals surface area contributed by atoms with Gasteiger partial charge in [-0.25, -0.2) is 13.4 Å². The van der Waals surface area contributed by atoms with Gasteiger partial charge in [0.2, 0.25) is 10.0 Å². The molecule has 0 radical (unpaired) electrons.